The molecule has 0 fully saturated rings. The molecule has 0 atom stereocenters. The summed E-state index contributed by atoms with van der Waals surface area (Å²) >= 11 is 1.65. The molecule has 0 saturated heterocycles. The van der Waals surface area contributed by atoms with Crippen LogP contribution in [0.15, 0.2) is 53.1 Å². The van der Waals surface area contributed by atoms with E-state index in [1.807, 2.05) is 19.2 Å². The third-order valence-electron chi connectivity index (χ3n) is 3.81. The Morgan fingerprint density at radius 2 is 2.00 bits per heavy atom. The summed E-state index contributed by atoms with van der Waals surface area (Å²) in [6.45, 7) is 12.2. The number of aryl methyl sites for hydroxylation is 1. The highest BCUT2D eigenvalue weighted by atomic mass is 32.1. The van der Waals surface area contributed by atoms with Crippen molar-refractivity contribution in [1.82, 2.24) is 9.97 Å². The Morgan fingerprint density at radius 3 is 2.50 bits per heavy atom. The molecule has 0 aliphatic carbocycles. The summed E-state index contributed by atoms with van der Waals surface area (Å²) in [5.41, 5.74) is 6.96. The van der Waals surface area contributed by atoms with Crippen LogP contribution in [0.2, 0.25) is 0 Å². The van der Waals surface area contributed by atoms with Crippen LogP contribution in [0, 0.1) is 19.3 Å². The standard InChI is InChI=1S/C20H24N2S.C3H4/c1-6-9-17(15(5)7-2)16(8-3)19-13-23-20(22-19)18-11-10-14(4)12-21-18;1-3-2/h6,8-13H,7H2,1-5H3;1H,2H3/b9-6-,16-8+,17-15-;. The van der Waals surface area contributed by atoms with Gasteiger partial charge < -0.3 is 0 Å². The number of pyridine rings is 1. The van der Waals surface area contributed by atoms with Gasteiger partial charge in [0.1, 0.15) is 5.01 Å². The van der Waals surface area contributed by atoms with E-state index in [-0.39, 0.29) is 0 Å². The van der Waals surface area contributed by atoms with Crippen molar-refractivity contribution in [2.45, 2.75) is 48.0 Å². The number of hydrogen-bond donors (Lipinski definition) is 0. The largest absolute Gasteiger partial charge is 0.253 e. The minimum absolute atomic E-state index is 0.936. The van der Waals surface area contributed by atoms with Crippen molar-refractivity contribution in [2.24, 2.45) is 0 Å². The molecule has 2 aromatic heterocycles. The fourth-order valence-corrected chi connectivity index (χ4v) is 3.17. The number of hydrogen-bond acceptors (Lipinski definition) is 3. The third-order valence-corrected chi connectivity index (χ3v) is 4.68. The summed E-state index contributed by atoms with van der Waals surface area (Å²) in [7, 11) is 0. The molecule has 2 aromatic rings. The van der Waals surface area contributed by atoms with Crippen LogP contribution < -0.4 is 0 Å². The molecular formula is C23H28N2S. The van der Waals surface area contributed by atoms with Crippen LogP contribution in [0.25, 0.3) is 16.3 Å². The highest BCUT2D eigenvalue weighted by molar-refractivity contribution is 7.13. The maximum absolute atomic E-state index is 4.82. The van der Waals surface area contributed by atoms with Crippen molar-refractivity contribution in [3.63, 3.8) is 0 Å². The average molecular weight is 365 g/mol. The average Bonchev–Trinajstić information content (AvgIpc) is 3.12. The highest BCUT2D eigenvalue weighted by Crippen LogP contribution is 2.31. The molecule has 0 radical (unpaired) electrons. The molecule has 0 aliphatic heterocycles. The lowest BCUT2D eigenvalue weighted by molar-refractivity contribution is 1.08. The van der Waals surface area contributed by atoms with E-state index >= 15 is 0 Å². The summed E-state index contributed by atoms with van der Waals surface area (Å²) in [5.74, 6) is 2.25. The summed E-state index contributed by atoms with van der Waals surface area (Å²) in [5, 5.41) is 3.09. The van der Waals surface area contributed by atoms with Crippen molar-refractivity contribution in [2.75, 3.05) is 0 Å². The fourth-order valence-electron chi connectivity index (χ4n) is 2.37. The number of thiazole rings is 1. The predicted molar refractivity (Wildman–Crippen MR) is 116 cm³/mol. The van der Waals surface area contributed by atoms with Crippen LogP contribution in [-0.4, -0.2) is 9.97 Å². The SMILES string of the molecule is C#CC.C\C=C/C(=C(\C)CC)C(=C\C)/c1csc(-c2ccc(C)cn2)n1. The van der Waals surface area contributed by atoms with Crippen LogP contribution in [-0.2, 0) is 0 Å². The van der Waals surface area contributed by atoms with Gasteiger partial charge in [0, 0.05) is 17.2 Å². The first-order chi connectivity index (χ1) is 12.5. The third kappa shape index (κ3) is 5.82. The first-order valence-corrected chi connectivity index (χ1v) is 9.65. The van der Waals surface area contributed by atoms with Gasteiger partial charge in [-0.05, 0) is 58.2 Å². The van der Waals surface area contributed by atoms with Gasteiger partial charge in [-0.1, -0.05) is 36.8 Å². The van der Waals surface area contributed by atoms with Crippen molar-refractivity contribution in [3.05, 3.63) is 64.3 Å². The van der Waals surface area contributed by atoms with Crippen molar-refractivity contribution in [3.8, 4) is 23.0 Å². The molecule has 3 heteroatoms. The number of nitrogens with zero attached hydrogens (tertiary/aromatic N) is 2. The molecule has 0 spiro atoms. The quantitative estimate of drug-likeness (QED) is 0.428. The number of allylic oxidation sites excluding steroid dienone is 6. The molecule has 0 aliphatic rings. The Balaban J connectivity index is 0.00000105. The van der Waals surface area contributed by atoms with Gasteiger partial charge in [-0.15, -0.1) is 23.7 Å². The van der Waals surface area contributed by atoms with Crippen LogP contribution in [0.1, 0.15) is 52.3 Å². The summed E-state index contributed by atoms with van der Waals surface area (Å²) in [6.07, 6.45) is 13.9. The second-order valence-electron chi connectivity index (χ2n) is 5.80. The van der Waals surface area contributed by atoms with E-state index in [0.717, 1.165) is 28.4 Å². The van der Waals surface area contributed by atoms with Gasteiger partial charge in [-0.3, -0.25) is 4.98 Å². The van der Waals surface area contributed by atoms with E-state index in [2.05, 4.69) is 74.7 Å². The van der Waals surface area contributed by atoms with Crippen molar-refractivity contribution in [1.29, 1.82) is 0 Å². The van der Waals surface area contributed by atoms with Crippen LogP contribution in [0.5, 0.6) is 0 Å². The normalized spacial score (nSPS) is 12.3. The number of aromatic nitrogens is 2. The van der Waals surface area contributed by atoms with Gasteiger partial charge >= 0.3 is 0 Å². The first kappa shape index (κ1) is 21.6. The zero-order valence-electron chi connectivity index (χ0n) is 16.6. The monoisotopic (exact) mass is 364 g/mol. The summed E-state index contributed by atoms with van der Waals surface area (Å²) in [4.78, 5) is 9.30. The van der Waals surface area contributed by atoms with E-state index in [0.29, 0.717) is 0 Å². The smallest absolute Gasteiger partial charge is 0.142 e. The maximum Gasteiger partial charge on any atom is 0.142 e. The predicted octanol–water partition coefficient (Wildman–Crippen LogP) is 6.86. The fraction of sp³-hybridized carbons (Fsp3) is 0.304. The topological polar surface area (TPSA) is 25.8 Å². The molecule has 2 nitrogen and oxygen atoms in total. The number of rotatable bonds is 5. The molecule has 0 unspecified atom stereocenters. The molecule has 0 amide bonds. The van der Waals surface area contributed by atoms with Crippen molar-refractivity contribution >= 4 is 16.9 Å². The summed E-state index contributed by atoms with van der Waals surface area (Å²) in [6, 6.07) is 4.11. The highest BCUT2D eigenvalue weighted by Gasteiger charge is 2.13. The van der Waals surface area contributed by atoms with Crippen LogP contribution in [0.4, 0.5) is 0 Å². The molecular weight excluding hydrogens is 336 g/mol. The molecule has 136 valence electrons. The Labute approximate surface area is 162 Å². The Hall–Kier alpha value is -2.44. The van der Waals surface area contributed by atoms with Crippen LogP contribution in [0.3, 0.4) is 0 Å². The first-order valence-electron chi connectivity index (χ1n) is 8.77. The van der Waals surface area contributed by atoms with Crippen LogP contribution >= 0.6 is 11.3 Å². The lowest BCUT2D eigenvalue weighted by Crippen LogP contribution is -1.93. The van der Waals surface area contributed by atoms with E-state index < -0.39 is 0 Å². The van der Waals surface area contributed by atoms with Crippen molar-refractivity contribution < 1.29 is 0 Å². The Morgan fingerprint density at radius 1 is 1.31 bits per heavy atom. The lowest BCUT2D eigenvalue weighted by Gasteiger charge is -2.10. The zero-order valence-corrected chi connectivity index (χ0v) is 17.4. The minimum Gasteiger partial charge on any atom is -0.253 e. The molecule has 0 aromatic carbocycles. The summed E-state index contributed by atoms with van der Waals surface area (Å²) < 4.78 is 0. The van der Waals surface area contributed by atoms with Gasteiger partial charge in [0.05, 0.1) is 11.4 Å². The van der Waals surface area contributed by atoms with E-state index in [1.54, 1.807) is 18.3 Å². The Bertz CT molecular complexity index is 828. The van der Waals surface area contributed by atoms with E-state index in [4.69, 9.17) is 4.98 Å². The lowest BCUT2D eigenvalue weighted by atomic mass is 9.96. The molecule has 2 heterocycles. The van der Waals surface area contributed by atoms with Gasteiger partial charge in [0.2, 0.25) is 0 Å². The minimum atomic E-state index is 0.936. The molecule has 0 saturated carbocycles. The van der Waals surface area contributed by atoms with Gasteiger partial charge in [-0.25, -0.2) is 4.98 Å². The van der Waals surface area contributed by atoms with Gasteiger partial charge in [0.25, 0.3) is 0 Å². The second kappa shape index (κ2) is 11.2. The second-order valence-corrected chi connectivity index (χ2v) is 6.66. The maximum atomic E-state index is 4.82. The molecule has 2 rings (SSSR count). The van der Waals surface area contributed by atoms with E-state index in [9.17, 15) is 0 Å². The molecule has 0 N–H and O–H groups in total. The van der Waals surface area contributed by atoms with Gasteiger partial charge in [-0.2, -0.15) is 0 Å². The Kier molecular flexibility index (Phi) is 9.33. The number of terminal acetylenes is 1. The zero-order chi connectivity index (χ0) is 19.5. The molecule has 26 heavy (non-hydrogen) atoms. The van der Waals surface area contributed by atoms with E-state index in [1.165, 1.54) is 16.7 Å². The van der Waals surface area contributed by atoms with Gasteiger partial charge in [0.15, 0.2) is 0 Å². The molecule has 0 bridgehead atoms.